The number of carbonyl (C=O) groups excluding carboxylic acids is 1. The summed E-state index contributed by atoms with van der Waals surface area (Å²) in [7, 11) is 0. The van der Waals surface area contributed by atoms with Gasteiger partial charge in [-0.1, -0.05) is 12.1 Å². The average Bonchev–Trinajstić information content (AvgIpc) is 2.78. The molecular weight excluding hydrogens is 495 g/mol. The standard InChI is InChI=1S/C23H20BrFN4O4/c24-18-7-4-15(25)9-20(18)33-17-12-29(13-17)21-11-26-19(10-27-21)23(32)28-16-5-1-14(2-6-16)3-8-22(30)31/h1-2,4-7,9-11,17H,3,8,12-13H2,(H,28,32)(H,30,31). The van der Waals surface area contributed by atoms with Gasteiger partial charge >= 0.3 is 5.97 Å². The Kier molecular flexibility index (Phi) is 6.83. The van der Waals surface area contributed by atoms with Crippen molar-refractivity contribution in [1.29, 1.82) is 0 Å². The molecule has 170 valence electrons. The highest BCUT2D eigenvalue weighted by Crippen LogP contribution is 2.29. The van der Waals surface area contributed by atoms with Gasteiger partial charge in [-0.3, -0.25) is 9.59 Å². The number of nitrogens with one attached hydrogen (secondary N) is 1. The van der Waals surface area contributed by atoms with E-state index >= 15 is 0 Å². The second-order valence-corrected chi connectivity index (χ2v) is 8.38. The molecule has 8 nitrogen and oxygen atoms in total. The lowest BCUT2D eigenvalue weighted by atomic mass is 10.1. The van der Waals surface area contributed by atoms with Gasteiger partial charge in [-0.15, -0.1) is 0 Å². The number of aromatic nitrogens is 2. The predicted molar refractivity (Wildman–Crippen MR) is 123 cm³/mol. The molecule has 10 heteroatoms. The van der Waals surface area contributed by atoms with Crippen LogP contribution in [0.4, 0.5) is 15.9 Å². The average molecular weight is 515 g/mol. The number of hydrogen-bond acceptors (Lipinski definition) is 6. The van der Waals surface area contributed by atoms with Gasteiger partial charge in [-0.25, -0.2) is 14.4 Å². The van der Waals surface area contributed by atoms with Crippen LogP contribution in [-0.4, -0.2) is 46.1 Å². The van der Waals surface area contributed by atoms with Crippen molar-refractivity contribution < 1.29 is 23.8 Å². The van der Waals surface area contributed by atoms with Crippen LogP contribution in [0.1, 0.15) is 22.5 Å². The third-order valence-corrected chi connectivity index (χ3v) is 5.72. The molecule has 2 heterocycles. The van der Waals surface area contributed by atoms with E-state index in [2.05, 4.69) is 31.2 Å². The van der Waals surface area contributed by atoms with Crippen molar-refractivity contribution in [2.45, 2.75) is 18.9 Å². The van der Waals surface area contributed by atoms with Crippen LogP contribution >= 0.6 is 15.9 Å². The maximum Gasteiger partial charge on any atom is 0.303 e. The Bertz CT molecular complexity index is 1150. The lowest BCUT2D eigenvalue weighted by Gasteiger charge is -2.39. The molecule has 1 fully saturated rings. The van der Waals surface area contributed by atoms with E-state index in [-0.39, 0.29) is 24.0 Å². The van der Waals surface area contributed by atoms with Gasteiger partial charge in [0.2, 0.25) is 0 Å². The van der Waals surface area contributed by atoms with Gasteiger partial charge in [0, 0.05) is 18.2 Å². The molecule has 2 aromatic carbocycles. The molecule has 0 radical (unpaired) electrons. The van der Waals surface area contributed by atoms with Gasteiger partial charge in [0.1, 0.15) is 29.2 Å². The van der Waals surface area contributed by atoms with Crippen LogP contribution in [-0.2, 0) is 11.2 Å². The molecule has 0 atom stereocenters. The first kappa shape index (κ1) is 22.7. The summed E-state index contributed by atoms with van der Waals surface area (Å²) in [6.07, 6.45) is 3.31. The number of hydrogen-bond donors (Lipinski definition) is 2. The summed E-state index contributed by atoms with van der Waals surface area (Å²) in [5.41, 5.74) is 1.63. The fourth-order valence-electron chi connectivity index (χ4n) is 3.25. The number of aliphatic carboxylic acids is 1. The minimum atomic E-state index is -0.852. The van der Waals surface area contributed by atoms with E-state index in [4.69, 9.17) is 9.84 Å². The number of aryl methyl sites for hydroxylation is 1. The Morgan fingerprint density at radius 3 is 2.58 bits per heavy atom. The van der Waals surface area contributed by atoms with Gasteiger partial charge in [-0.05, 0) is 52.2 Å². The number of halogens is 2. The highest BCUT2D eigenvalue weighted by Gasteiger charge is 2.30. The molecule has 0 aliphatic carbocycles. The zero-order valence-corrected chi connectivity index (χ0v) is 19.0. The van der Waals surface area contributed by atoms with Crippen molar-refractivity contribution in [1.82, 2.24) is 9.97 Å². The molecule has 3 aromatic rings. The second kappa shape index (κ2) is 9.95. The Hall–Kier alpha value is -3.53. The van der Waals surface area contributed by atoms with Gasteiger partial charge < -0.3 is 20.1 Å². The van der Waals surface area contributed by atoms with Crippen LogP contribution in [0, 0.1) is 5.82 Å². The lowest BCUT2D eigenvalue weighted by molar-refractivity contribution is -0.136. The Morgan fingerprint density at radius 1 is 1.15 bits per heavy atom. The third kappa shape index (κ3) is 5.83. The predicted octanol–water partition coefficient (Wildman–Crippen LogP) is 3.92. The summed E-state index contributed by atoms with van der Waals surface area (Å²) >= 11 is 3.35. The van der Waals surface area contributed by atoms with E-state index in [0.717, 1.165) is 5.56 Å². The van der Waals surface area contributed by atoms with Gasteiger partial charge in [0.15, 0.2) is 0 Å². The number of carboxylic acid groups (broad SMARTS) is 1. The molecule has 1 aliphatic heterocycles. The lowest BCUT2D eigenvalue weighted by Crippen LogP contribution is -2.54. The van der Waals surface area contributed by atoms with Crippen molar-refractivity contribution >= 4 is 39.3 Å². The summed E-state index contributed by atoms with van der Waals surface area (Å²) in [4.78, 5) is 33.5. The molecule has 4 rings (SSSR count). The number of amides is 1. The summed E-state index contributed by atoms with van der Waals surface area (Å²) in [6.45, 7) is 1.13. The minimum Gasteiger partial charge on any atom is -0.485 e. The Morgan fingerprint density at radius 2 is 1.91 bits per heavy atom. The van der Waals surface area contributed by atoms with Crippen LogP contribution in [0.2, 0.25) is 0 Å². The molecule has 1 amide bonds. The summed E-state index contributed by atoms with van der Waals surface area (Å²) in [5, 5.41) is 11.5. The van der Waals surface area contributed by atoms with Crippen LogP contribution < -0.4 is 15.0 Å². The van der Waals surface area contributed by atoms with Crippen LogP contribution in [0.15, 0.2) is 59.3 Å². The van der Waals surface area contributed by atoms with Crippen molar-refractivity contribution in [2.75, 3.05) is 23.3 Å². The molecule has 1 aliphatic rings. The molecule has 0 bridgehead atoms. The van der Waals surface area contributed by atoms with Gasteiger partial charge in [-0.2, -0.15) is 0 Å². The SMILES string of the molecule is O=C(O)CCc1ccc(NC(=O)c2cnc(N3CC(Oc4cc(F)ccc4Br)C3)cn2)cc1. The molecule has 0 saturated carbocycles. The largest absolute Gasteiger partial charge is 0.485 e. The van der Waals surface area contributed by atoms with Crippen LogP contribution in [0.5, 0.6) is 5.75 Å². The van der Waals surface area contributed by atoms with E-state index in [9.17, 15) is 14.0 Å². The second-order valence-electron chi connectivity index (χ2n) is 7.52. The monoisotopic (exact) mass is 514 g/mol. The molecule has 0 unspecified atom stereocenters. The normalized spacial score (nSPS) is 13.3. The number of benzene rings is 2. The van der Waals surface area contributed by atoms with Crippen LogP contribution in [0.3, 0.4) is 0 Å². The fraction of sp³-hybridized carbons (Fsp3) is 0.217. The number of anilines is 2. The zero-order valence-electron chi connectivity index (χ0n) is 17.4. The highest BCUT2D eigenvalue weighted by molar-refractivity contribution is 9.10. The number of ether oxygens (including phenoxy) is 1. The van der Waals surface area contributed by atoms with E-state index in [1.54, 1.807) is 30.3 Å². The quantitative estimate of drug-likeness (QED) is 0.469. The maximum absolute atomic E-state index is 13.4. The fourth-order valence-corrected chi connectivity index (χ4v) is 3.59. The summed E-state index contributed by atoms with van der Waals surface area (Å²) < 4.78 is 19.9. The van der Waals surface area contributed by atoms with Crippen LogP contribution in [0.25, 0.3) is 0 Å². The summed E-state index contributed by atoms with van der Waals surface area (Å²) in [6, 6.07) is 11.3. The zero-order chi connectivity index (χ0) is 23.4. The van der Waals surface area contributed by atoms with Crippen molar-refractivity contribution in [3.05, 3.63) is 76.4 Å². The topological polar surface area (TPSA) is 105 Å². The first-order chi connectivity index (χ1) is 15.9. The molecule has 33 heavy (non-hydrogen) atoms. The smallest absolute Gasteiger partial charge is 0.303 e. The molecule has 0 spiro atoms. The van der Waals surface area contributed by atoms with Gasteiger partial charge in [0.05, 0.1) is 30.0 Å². The Balaban J connectivity index is 1.28. The van der Waals surface area contributed by atoms with Crippen molar-refractivity contribution in [3.63, 3.8) is 0 Å². The maximum atomic E-state index is 13.4. The summed E-state index contributed by atoms with van der Waals surface area (Å²) in [5.74, 6) is -0.540. The van der Waals surface area contributed by atoms with E-state index in [1.165, 1.54) is 24.5 Å². The third-order valence-electron chi connectivity index (χ3n) is 5.07. The molecule has 1 saturated heterocycles. The van der Waals surface area contributed by atoms with Crippen molar-refractivity contribution in [2.24, 2.45) is 0 Å². The van der Waals surface area contributed by atoms with Gasteiger partial charge in [0.25, 0.3) is 5.91 Å². The number of carboxylic acids is 1. The first-order valence-corrected chi connectivity index (χ1v) is 11.0. The van der Waals surface area contributed by atoms with E-state index in [0.29, 0.717) is 41.2 Å². The van der Waals surface area contributed by atoms with E-state index < -0.39 is 11.9 Å². The molecule has 2 N–H and O–H groups in total. The number of carbonyl (C=O) groups is 2. The van der Waals surface area contributed by atoms with E-state index in [1.807, 2.05) is 4.90 Å². The Labute approximate surface area is 197 Å². The first-order valence-electron chi connectivity index (χ1n) is 10.2. The highest BCUT2D eigenvalue weighted by atomic mass is 79.9. The minimum absolute atomic E-state index is 0.0554. The number of nitrogens with zero attached hydrogens (tertiary/aromatic N) is 3. The number of rotatable bonds is 8. The molecule has 1 aromatic heterocycles. The van der Waals surface area contributed by atoms with Crippen molar-refractivity contribution in [3.8, 4) is 5.75 Å². The molecular formula is C23H20BrFN4O4.